The lowest BCUT2D eigenvalue weighted by Gasteiger charge is -2.24. The molecule has 0 aliphatic rings. The van der Waals surface area contributed by atoms with Gasteiger partial charge in [-0.25, -0.2) is 4.57 Å². The molecule has 61 heavy (non-hydrogen) atoms. The minimum atomic E-state index is -4.30. The molecule has 350 valence electrons. The summed E-state index contributed by atoms with van der Waals surface area (Å²) in [4.78, 5) is 22.9. The molecule has 0 saturated carbocycles. The number of quaternary nitrogens is 1. The number of hydrogen-bond acceptors (Lipinski definition) is 6. The van der Waals surface area contributed by atoms with Crippen molar-refractivity contribution >= 4 is 13.8 Å². The molecule has 2 atom stereocenters. The van der Waals surface area contributed by atoms with E-state index in [1.165, 1.54) is 64.2 Å². The van der Waals surface area contributed by atoms with Gasteiger partial charge in [-0.3, -0.25) is 13.8 Å². The van der Waals surface area contributed by atoms with Crippen molar-refractivity contribution in [2.24, 2.45) is 0 Å². The van der Waals surface area contributed by atoms with Gasteiger partial charge in [0.15, 0.2) is 0 Å². The Hall–Kier alpha value is -2.58. The van der Waals surface area contributed by atoms with Crippen molar-refractivity contribution in [1.29, 1.82) is 0 Å². The zero-order chi connectivity index (χ0) is 44.8. The third-order valence-corrected chi connectivity index (χ3v) is 10.6. The van der Waals surface area contributed by atoms with E-state index in [9.17, 15) is 14.3 Å². The molecule has 0 saturated heterocycles. The first-order valence-electron chi connectivity index (χ1n) is 24.0. The van der Waals surface area contributed by atoms with Gasteiger partial charge in [-0.05, 0) is 83.5 Å². The fourth-order valence-electron chi connectivity index (χ4n) is 6.02. The van der Waals surface area contributed by atoms with Crippen molar-refractivity contribution in [3.05, 3.63) is 97.2 Å². The van der Waals surface area contributed by atoms with Crippen LogP contribution in [0.25, 0.3) is 0 Å². The first kappa shape index (κ1) is 58.4. The monoisotopic (exact) mass is 873 g/mol. The number of ether oxygens (including phenoxy) is 2. The highest BCUT2D eigenvalue weighted by Crippen LogP contribution is 2.43. The Kier molecular flexibility index (Phi) is 42.2. The van der Waals surface area contributed by atoms with E-state index in [1.807, 2.05) is 21.1 Å². The molecular weight excluding hydrogens is 782 g/mol. The number of allylic oxidation sites excluding steroid dienone is 16. The SMILES string of the molecule is CC/C=C\C/C=C\C/C=C\C/C=C\CCCCCCCCCCCCCCC(=O)OC(COCCC/C=C\C/C=C\C/C=C\C/C=C\CC)COP(=O)(O)OCC[N+](C)(C)C. The average molecular weight is 873 g/mol. The van der Waals surface area contributed by atoms with Crippen LogP contribution in [0.1, 0.15) is 168 Å². The lowest BCUT2D eigenvalue weighted by molar-refractivity contribution is -0.870. The molecule has 0 fully saturated rings. The molecule has 0 radical (unpaired) electrons. The van der Waals surface area contributed by atoms with Crippen molar-refractivity contribution in [2.75, 3.05) is 54.1 Å². The van der Waals surface area contributed by atoms with E-state index in [1.54, 1.807) is 0 Å². The van der Waals surface area contributed by atoms with E-state index in [2.05, 4.69) is 111 Å². The van der Waals surface area contributed by atoms with E-state index in [0.29, 0.717) is 24.1 Å². The average Bonchev–Trinajstić information content (AvgIpc) is 3.22. The van der Waals surface area contributed by atoms with Crippen LogP contribution in [0, 0.1) is 0 Å². The van der Waals surface area contributed by atoms with Crippen LogP contribution in [0.3, 0.4) is 0 Å². The van der Waals surface area contributed by atoms with Gasteiger partial charge in [-0.2, -0.15) is 0 Å². The van der Waals surface area contributed by atoms with Crippen LogP contribution in [0.5, 0.6) is 0 Å². The third-order valence-electron chi connectivity index (χ3n) is 9.64. The lowest BCUT2D eigenvalue weighted by atomic mass is 10.0. The summed E-state index contributed by atoms with van der Waals surface area (Å²) in [6, 6.07) is 0. The Morgan fingerprint density at radius 2 is 0.902 bits per heavy atom. The highest BCUT2D eigenvalue weighted by Gasteiger charge is 2.26. The van der Waals surface area contributed by atoms with Crippen LogP contribution < -0.4 is 0 Å². The van der Waals surface area contributed by atoms with E-state index in [0.717, 1.165) is 83.5 Å². The minimum Gasteiger partial charge on any atom is -0.457 e. The molecule has 0 amide bonds. The number of phosphoric acid groups is 1. The Balaban J connectivity index is 4.19. The van der Waals surface area contributed by atoms with Gasteiger partial charge in [0.05, 0.1) is 34.4 Å². The van der Waals surface area contributed by atoms with E-state index < -0.39 is 13.9 Å². The maximum absolute atomic E-state index is 12.7. The second-order valence-corrected chi connectivity index (χ2v) is 18.2. The molecular formula is C52H91NO7P+. The van der Waals surface area contributed by atoms with Gasteiger partial charge in [0.2, 0.25) is 0 Å². The summed E-state index contributed by atoms with van der Waals surface area (Å²) in [6.07, 6.45) is 60.4. The van der Waals surface area contributed by atoms with Crippen LogP contribution >= 0.6 is 7.82 Å². The Morgan fingerprint density at radius 3 is 1.34 bits per heavy atom. The van der Waals surface area contributed by atoms with Gasteiger partial charge in [-0.15, -0.1) is 0 Å². The Morgan fingerprint density at radius 1 is 0.508 bits per heavy atom. The number of likely N-dealkylation sites (N-methyl/N-ethyl adjacent to an activating group) is 1. The minimum absolute atomic E-state index is 0.0732. The third kappa shape index (κ3) is 48.3. The summed E-state index contributed by atoms with van der Waals surface area (Å²) in [7, 11) is 1.62. The van der Waals surface area contributed by atoms with E-state index in [4.69, 9.17) is 18.5 Å². The van der Waals surface area contributed by atoms with Gasteiger partial charge < -0.3 is 18.9 Å². The smallest absolute Gasteiger partial charge is 0.457 e. The van der Waals surface area contributed by atoms with Crippen molar-refractivity contribution in [1.82, 2.24) is 0 Å². The van der Waals surface area contributed by atoms with Crippen molar-refractivity contribution in [2.45, 2.75) is 174 Å². The maximum atomic E-state index is 12.7. The van der Waals surface area contributed by atoms with Crippen LogP contribution in [-0.2, 0) is 27.9 Å². The molecule has 0 aliphatic heterocycles. The number of nitrogens with zero attached hydrogens (tertiary/aromatic N) is 1. The predicted octanol–water partition coefficient (Wildman–Crippen LogP) is 14.6. The highest BCUT2D eigenvalue weighted by atomic mass is 31.2. The van der Waals surface area contributed by atoms with Gasteiger partial charge in [0.25, 0.3) is 0 Å². The summed E-state index contributed by atoms with van der Waals surface area (Å²) in [5, 5.41) is 0. The molecule has 0 aromatic heterocycles. The summed E-state index contributed by atoms with van der Waals surface area (Å²) >= 11 is 0. The molecule has 1 N–H and O–H groups in total. The first-order chi connectivity index (χ1) is 29.6. The normalized spacial score (nSPS) is 14.5. The van der Waals surface area contributed by atoms with E-state index in [-0.39, 0.29) is 25.8 Å². The highest BCUT2D eigenvalue weighted by molar-refractivity contribution is 7.47. The molecule has 2 unspecified atom stereocenters. The largest absolute Gasteiger partial charge is 0.472 e. The van der Waals surface area contributed by atoms with E-state index >= 15 is 0 Å². The molecule has 0 rings (SSSR count). The molecule has 0 bridgehead atoms. The summed E-state index contributed by atoms with van der Waals surface area (Å²) in [5.74, 6) is -0.339. The lowest BCUT2D eigenvalue weighted by Crippen LogP contribution is -2.37. The molecule has 0 heterocycles. The van der Waals surface area contributed by atoms with Crippen LogP contribution in [0.2, 0.25) is 0 Å². The summed E-state index contributed by atoms with van der Waals surface area (Å²) < 4.78 is 35.0. The first-order valence-corrected chi connectivity index (χ1v) is 25.5. The summed E-state index contributed by atoms with van der Waals surface area (Å²) in [5.41, 5.74) is 0. The number of phosphoric ester groups is 1. The van der Waals surface area contributed by atoms with Crippen LogP contribution in [0.4, 0.5) is 0 Å². The molecule has 0 aliphatic carbocycles. The molecule has 0 spiro atoms. The standard InChI is InChI=1S/C52H90NO7P/c1-6-8-10-12-14-16-18-20-22-23-24-25-26-27-28-29-30-31-32-33-35-37-39-41-43-45-52(54)60-51(50-59-61(55,56)58-48-46-53(3,4)5)49-57-47-44-42-40-38-36-34-21-19-17-15-13-11-9-7-2/h8-11,14-17,20-22,24-25,34,38,40,51H,6-7,12-13,18-19,23,26-33,35-37,39,41-50H2,1-5H3/p+1/b10-8-,11-9-,16-14-,17-15-,22-20-,25-24-,34-21-,40-38-. The van der Waals surface area contributed by atoms with Crippen LogP contribution in [0.15, 0.2) is 97.2 Å². The van der Waals surface area contributed by atoms with Crippen LogP contribution in [-0.4, -0.2) is 75.6 Å². The van der Waals surface area contributed by atoms with Gasteiger partial charge in [0.1, 0.15) is 19.3 Å². The molecule has 8 nitrogen and oxygen atoms in total. The zero-order valence-electron chi connectivity index (χ0n) is 39.6. The quantitative estimate of drug-likeness (QED) is 0.0214. The number of esters is 1. The van der Waals surface area contributed by atoms with Crippen molar-refractivity contribution < 1.29 is 37.3 Å². The van der Waals surface area contributed by atoms with Crippen molar-refractivity contribution in [3.63, 3.8) is 0 Å². The number of hydrogen-bond donors (Lipinski definition) is 1. The number of rotatable bonds is 43. The molecule has 9 heteroatoms. The maximum Gasteiger partial charge on any atom is 0.472 e. The van der Waals surface area contributed by atoms with Gasteiger partial charge in [0, 0.05) is 13.0 Å². The Bertz CT molecular complexity index is 1290. The number of carbonyl (C=O) groups excluding carboxylic acids is 1. The summed E-state index contributed by atoms with van der Waals surface area (Å²) in [6.45, 7) is 5.22. The zero-order valence-corrected chi connectivity index (χ0v) is 40.5. The molecule has 0 aromatic carbocycles. The number of unbranched alkanes of at least 4 members (excludes halogenated alkanes) is 13. The molecule has 0 aromatic rings. The van der Waals surface area contributed by atoms with Gasteiger partial charge in [-0.1, -0.05) is 175 Å². The predicted molar refractivity (Wildman–Crippen MR) is 261 cm³/mol. The topological polar surface area (TPSA) is 91.3 Å². The second-order valence-electron chi connectivity index (χ2n) is 16.7. The Labute approximate surface area is 375 Å². The van der Waals surface area contributed by atoms with Crippen molar-refractivity contribution in [3.8, 4) is 0 Å². The fourth-order valence-corrected chi connectivity index (χ4v) is 6.76. The fraction of sp³-hybridized carbons (Fsp3) is 0.673. The number of carbonyl (C=O) groups is 1. The van der Waals surface area contributed by atoms with Gasteiger partial charge >= 0.3 is 13.8 Å². The second kappa shape index (κ2) is 44.0.